The number of nitrogens with zero attached hydrogens (tertiary/aromatic N) is 1. The third-order valence-corrected chi connectivity index (χ3v) is 5.35. The first kappa shape index (κ1) is 22.9. The van der Waals surface area contributed by atoms with Crippen LogP contribution in [0, 0.1) is 24.4 Å². The topological polar surface area (TPSA) is 22.1 Å². The van der Waals surface area contributed by atoms with Crippen molar-refractivity contribution >= 4 is 0 Å². The Kier molecular flexibility index (Phi) is 8.10. The van der Waals surface area contributed by atoms with Crippen LogP contribution >= 0.6 is 0 Å². The van der Waals surface area contributed by atoms with Crippen molar-refractivity contribution in [3.05, 3.63) is 71.7 Å². The number of aromatic nitrogens is 1. The fourth-order valence-corrected chi connectivity index (χ4v) is 3.40. The summed E-state index contributed by atoms with van der Waals surface area (Å²) in [4.78, 5) is 4.25. The van der Waals surface area contributed by atoms with Crippen molar-refractivity contribution in [2.75, 3.05) is 6.61 Å². The zero-order valence-corrected chi connectivity index (χ0v) is 18.1. The number of aryl methyl sites for hydroxylation is 1. The van der Waals surface area contributed by atoms with Crippen LogP contribution < -0.4 is 4.74 Å². The molecule has 0 unspecified atom stereocenters. The van der Waals surface area contributed by atoms with E-state index in [0.717, 1.165) is 19.3 Å². The summed E-state index contributed by atoms with van der Waals surface area (Å²) in [7, 11) is 0. The standard InChI is InChI=1S/C26H28F3NO/c1-3-4-5-6-7-8-15-31-24-14-12-21(25(28)26(24)29)23-13-11-20(17-30-23)19-10-9-18(2)22(27)16-19/h9-14,16-17H,3-8,15H2,1-2H3. The highest BCUT2D eigenvalue weighted by Crippen LogP contribution is 2.30. The van der Waals surface area contributed by atoms with E-state index in [9.17, 15) is 13.2 Å². The predicted octanol–water partition coefficient (Wildman–Crippen LogP) is 7.88. The summed E-state index contributed by atoms with van der Waals surface area (Å²) >= 11 is 0. The van der Waals surface area contributed by atoms with Gasteiger partial charge < -0.3 is 4.74 Å². The van der Waals surface area contributed by atoms with E-state index in [1.165, 1.54) is 43.7 Å². The van der Waals surface area contributed by atoms with Gasteiger partial charge in [-0.2, -0.15) is 4.39 Å². The van der Waals surface area contributed by atoms with Crippen LogP contribution in [0.1, 0.15) is 51.0 Å². The molecule has 0 aliphatic rings. The Hall–Kier alpha value is -2.82. The van der Waals surface area contributed by atoms with Gasteiger partial charge in [-0.3, -0.25) is 4.98 Å². The lowest BCUT2D eigenvalue weighted by molar-refractivity contribution is 0.285. The van der Waals surface area contributed by atoms with Gasteiger partial charge in [-0.25, -0.2) is 8.78 Å². The summed E-state index contributed by atoms with van der Waals surface area (Å²) in [6.45, 7) is 4.22. The molecule has 5 heteroatoms. The second-order valence-corrected chi connectivity index (χ2v) is 7.75. The molecule has 1 heterocycles. The number of hydrogen-bond acceptors (Lipinski definition) is 2. The smallest absolute Gasteiger partial charge is 0.201 e. The fraction of sp³-hybridized carbons (Fsp3) is 0.346. The van der Waals surface area contributed by atoms with Gasteiger partial charge in [-0.1, -0.05) is 57.2 Å². The molecule has 164 valence electrons. The predicted molar refractivity (Wildman–Crippen MR) is 119 cm³/mol. The maximum absolute atomic E-state index is 14.6. The SMILES string of the molecule is CCCCCCCCOc1ccc(-c2ccc(-c3ccc(C)c(F)c3)cn2)c(F)c1F. The Morgan fingerprint density at radius 1 is 0.806 bits per heavy atom. The molecule has 0 N–H and O–H groups in total. The summed E-state index contributed by atoms with van der Waals surface area (Å²) in [6, 6.07) is 11.2. The van der Waals surface area contributed by atoms with E-state index in [2.05, 4.69) is 11.9 Å². The molecule has 3 aromatic rings. The first-order chi connectivity index (χ1) is 15.0. The van der Waals surface area contributed by atoms with Gasteiger partial charge in [0.15, 0.2) is 11.6 Å². The van der Waals surface area contributed by atoms with E-state index >= 15 is 0 Å². The first-order valence-electron chi connectivity index (χ1n) is 10.8. The molecule has 2 nitrogen and oxygen atoms in total. The van der Waals surface area contributed by atoms with E-state index < -0.39 is 11.6 Å². The van der Waals surface area contributed by atoms with E-state index in [1.807, 2.05) is 0 Å². The summed E-state index contributed by atoms with van der Waals surface area (Å²) < 4.78 is 48.4. The summed E-state index contributed by atoms with van der Waals surface area (Å²) in [5, 5.41) is 0. The number of hydrogen-bond donors (Lipinski definition) is 0. The van der Waals surface area contributed by atoms with Crippen molar-refractivity contribution in [3.8, 4) is 28.1 Å². The maximum atomic E-state index is 14.6. The van der Waals surface area contributed by atoms with Crippen molar-refractivity contribution in [2.45, 2.75) is 52.4 Å². The quantitative estimate of drug-likeness (QED) is 0.307. The van der Waals surface area contributed by atoms with Crippen LogP contribution in [0.25, 0.3) is 22.4 Å². The average molecular weight is 428 g/mol. The molecular formula is C26H28F3NO. The Morgan fingerprint density at radius 2 is 1.55 bits per heavy atom. The van der Waals surface area contributed by atoms with Crippen molar-refractivity contribution in [2.24, 2.45) is 0 Å². The highest BCUT2D eigenvalue weighted by Gasteiger charge is 2.17. The van der Waals surface area contributed by atoms with Crippen LogP contribution in [0.3, 0.4) is 0 Å². The second-order valence-electron chi connectivity index (χ2n) is 7.75. The number of ether oxygens (including phenoxy) is 1. The minimum Gasteiger partial charge on any atom is -0.490 e. The molecule has 0 amide bonds. The zero-order chi connectivity index (χ0) is 22.2. The first-order valence-corrected chi connectivity index (χ1v) is 10.8. The Morgan fingerprint density at radius 3 is 2.26 bits per heavy atom. The Bertz CT molecular complexity index is 1000. The Balaban J connectivity index is 1.66. The molecule has 0 saturated carbocycles. The minimum absolute atomic E-state index is 0.0612. The van der Waals surface area contributed by atoms with Gasteiger partial charge in [-0.05, 0) is 48.7 Å². The van der Waals surface area contributed by atoms with Gasteiger partial charge in [0, 0.05) is 17.3 Å². The molecule has 0 spiro atoms. The van der Waals surface area contributed by atoms with E-state index in [-0.39, 0.29) is 17.1 Å². The van der Waals surface area contributed by atoms with Crippen LogP contribution in [-0.4, -0.2) is 11.6 Å². The zero-order valence-electron chi connectivity index (χ0n) is 18.1. The lowest BCUT2D eigenvalue weighted by Crippen LogP contribution is -2.02. The third-order valence-electron chi connectivity index (χ3n) is 5.35. The van der Waals surface area contributed by atoms with Crippen molar-refractivity contribution in [1.29, 1.82) is 0 Å². The van der Waals surface area contributed by atoms with Gasteiger partial charge in [0.25, 0.3) is 0 Å². The van der Waals surface area contributed by atoms with Crippen LogP contribution in [-0.2, 0) is 0 Å². The van der Waals surface area contributed by atoms with Crippen LogP contribution in [0.15, 0.2) is 48.7 Å². The van der Waals surface area contributed by atoms with Gasteiger partial charge >= 0.3 is 0 Å². The van der Waals surface area contributed by atoms with Crippen LogP contribution in [0.5, 0.6) is 5.75 Å². The highest BCUT2D eigenvalue weighted by molar-refractivity contribution is 5.67. The normalized spacial score (nSPS) is 11.0. The molecule has 0 aliphatic carbocycles. The molecular weight excluding hydrogens is 399 g/mol. The van der Waals surface area contributed by atoms with Crippen molar-refractivity contribution in [1.82, 2.24) is 4.98 Å². The monoisotopic (exact) mass is 427 g/mol. The van der Waals surface area contributed by atoms with Gasteiger partial charge in [0.2, 0.25) is 5.82 Å². The number of rotatable bonds is 10. The maximum Gasteiger partial charge on any atom is 0.201 e. The number of halogens is 3. The van der Waals surface area contributed by atoms with Gasteiger partial charge in [0.05, 0.1) is 12.3 Å². The molecule has 31 heavy (non-hydrogen) atoms. The molecule has 3 rings (SSSR count). The molecule has 0 atom stereocenters. The van der Waals surface area contributed by atoms with Crippen molar-refractivity contribution < 1.29 is 17.9 Å². The molecule has 1 aromatic heterocycles. The van der Waals surface area contributed by atoms with E-state index in [4.69, 9.17) is 4.74 Å². The number of unbranched alkanes of at least 4 members (excludes halogenated alkanes) is 5. The van der Waals surface area contributed by atoms with Crippen LogP contribution in [0.4, 0.5) is 13.2 Å². The molecule has 0 radical (unpaired) electrons. The number of benzene rings is 2. The van der Waals surface area contributed by atoms with E-state index in [0.29, 0.717) is 29.0 Å². The van der Waals surface area contributed by atoms with Crippen molar-refractivity contribution in [3.63, 3.8) is 0 Å². The molecule has 0 bridgehead atoms. The highest BCUT2D eigenvalue weighted by atomic mass is 19.2. The second kappa shape index (κ2) is 11.0. The van der Waals surface area contributed by atoms with E-state index in [1.54, 1.807) is 31.2 Å². The van der Waals surface area contributed by atoms with Crippen LogP contribution in [0.2, 0.25) is 0 Å². The third kappa shape index (κ3) is 5.87. The average Bonchev–Trinajstić information content (AvgIpc) is 2.78. The molecule has 0 saturated heterocycles. The summed E-state index contributed by atoms with van der Waals surface area (Å²) in [5.41, 5.74) is 2.29. The molecule has 0 aliphatic heterocycles. The fourth-order valence-electron chi connectivity index (χ4n) is 3.40. The minimum atomic E-state index is -1.00. The lowest BCUT2D eigenvalue weighted by atomic mass is 10.0. The summed E-state index contributed by atoms with van der Waals surface area (Å²) in [5.74, 6) is -2.37. The molecule has 0 fully saturated rings. The lowest BCUT2D eigenvalue weighted by Gasteiger charge is -2.11. The largest absolute Gasteiger partial charge is 0.490 e. The molecule has 2 aromatic carbocycles. The van der Waals surface area contributed by atoms with Gasteiger partial charge in [-0.15, -0.1) is 0 Å². The number of pyridine rings is 1. The Labute approximate surface area is 182 Å². The summed E-state index contributed by atoms with van der Waals surface area (Å²) in [6.07, 6.45) is 8.09. The van der Waals surface area contributed by atoms with Gasteiger partial charge in [0.1, 0.15) is 5.82 Å².